The molecule has 3 nitrogen and oxygen atoms in total. The molecule has 55 heavy (non-hydrogen) atoms. The minimum Gasteiger partial charge on any atom is -0.208 e. The van der Waals surface area contributed by atoms with Crippen LogP contribution in [0.1, 0.15) is 0 Å². The molecule has 0 aliphatic heterocycles. The van der Waals surface area contributed by atoms with Crippen molar-refractivity contribution in [3.63, 3.8) is 0 Å². The van der Waals surface area contributed by atoms with E-state index in [0.717, 1.165) is 44.5 Å². The quantitative estimate of drug-likeness (QED) is 0.165. The lowest BCUT2D eigenvalue weighted by molar-refractivity contribution is 1.07. The summed E-state index contributed by atoms with van der Waals surface area (Å²) >= 11 is 1.84. The maximum Gasteiger partial charge on any atom is 0.164 e. The lowest BCUT2D eigenvalue weighted by atomic mass is 9.98. The molecular formula is C51H33N3S. The van der Waals surface area contributed by atoms with Crippen LogP contribution in [-0.2, 0) is 0 Å². The van der Waals surface area contributed by atoms with Gasteiger partial charge in [-0.1, -0.05) is 176 Å². The molecule has 2 aromatic heterocycles. The van der Waals surface area contributed by atoms with Crippen LogP contribution in [0.25, 0.3) is 98.8 Å². The molecule has 8 aromatic carbocycles. The Morgan fingerprint density at radius 1 is 0.236 bits per heavy atom. The SMILES string of the molecule is c1ccc(-c2cccc(-c3ccc(-c4nc(-c5ccc(-c6ccc7c(c6)sc6ccccc67)cc5)nc(-c5cccc(-c6ccccc6)c5)n4)cc3)c2)cc1. The van der Waals surface area contributed by atoms with Crippen molar-refractivity contribution < 1.29 is 0 Å². The Morgan fingerprint density at radius 3 is 1.16 bits per heavy atom. The molecule has 0 aliphatic rings. The van der Waals surface area contributed by atoms with Gasteiger partial charge in [0, 0.05) is 36.9 Å². The van der Waals surface area contributed by atoms with Gasteiger partial charge in [0.05, 0.1) is 0 Å². The zero-order valence-electron chi connectivity index (χ0n) is 29.8. The van der Waals surface area contributed by atoms with Crippen LogP contribution in [0.2, 0.25) is 0 Å². The van der Waals surface area contributed by atoms with Crippen LogP contribution in [-0.4, -0.2) is 15.0 Å². The van der Waals surface area contributed by atoms with Gasteiger partial charge in [-0.25, -0.2) is 15.0 Å². The van der Waals surface area contributed by atoms with Crippen molar-refractivity contribution in [2.45, 2.75) is 0 Å². The van der Waals surface area contributed by atoms with Gasteiger partial charge in [0.15, 0.2) is 17.5 Å². The summed E-state index contributed by atoms with van der Waals surface area (Å²) in [6.45, 7) is 0. The summed E-state index contributed by atoms with van der Waals surface area (Å²) in [5.74, 6) is 1.90. The van der Waals surface area contributed by atoms with Crippen LogP contribution >= 0.6 is 11.3 Å². The summed E-state index contributed by atoms with van der Waals surface area (Å²) in [5.41, 5.74) is 12.1. The first kappa shape index (κ1) is 32.6. The fourth-order valence-electron chi connectivity index (χ4n) is 7.27. The molecule has 2 heterocycles. The standard InChI is InChI=1S/C51H33N3S/c1-3-11-34(12-4-1)40-15-9-16-41(31-40)36-21-25-38(26-22-36)49-52-50(54-51(53-49)44-18-10-17-42(32-44)35-13-5-2-6-14-35)39-27-23-37(24-28-39)43-29-30-46-45-19-7-8-20-47(45)55-48(46)33-43/h1-33H. The molecule has 0 fully saturated rings. The number of hydrogen-bond acceptors (Lipinski definition) is 4. The van der Waals surface area contributed by atoms with E-state index >= 15 is 0 Å². The monoisotopic (exact) mass is 719 g/mol. The minimum atomic E-state index is 0.633. The van der Waals surface area contributed by atoms with Crippen molar-refractivity contribution >= 4 is 31.5 Å². The topological polar surface area (TPSA) is 38.7 Å². The van der Waals surface area contributed by atoms with Crippen LogP contribution in [0.3, 0.4) is 0 Å². The highest BCUT2D eigenvalue weighted by Crippen LogP contribution is 2.37. The van der Waals surface area contributed by atoms with E-state index in [1.807, 2.05) is 23.5 Å². The molecule has 0 N–H and O–H groups in total. The van der Waals surface area contributed by atoms with E-state index < -0.39 is 0 Å². The second-order valence-corrected chi connectivity index (χ2v) is 14.7. The number of hydrogen-bond donors (Lipinski definition) is 0. The van der Waals surface area contributed by atoms with Gasteiger partial charge in [0.1, 0.15) is 0 Å². The van der Waals surface area contributed by atoms with Crippen LogP contribution in [0.15, 0.2) is 200 Å². The van der Waals surface area contributed by atoms with Crippen molar-refractivity contribution in [2.75, 3.05) is 0 Å². The molecule has 4 heteroatoms. The predicted molar refractivity (Wildman–Crippen MR) is 231 cm³/mol. The van der Waals surface area contributed by atoms with E-state index in [1.54, 1.807) is 0 Å². The lowest BCUT2D eigenvalue weighted by Gasteiger charge is -2.11. The van der Waals surface area contributed by atoms with Crippen LogP contribution in [0.4, 0.5) is 0 Å². The number of fused-ring (bicyclic) bond motifs is 3. The molecular weight excluding hydrogens is 687 g/mol. The Labute approximate surface area is 323 Å². The molecule has 0 amide bonds. The van der Waals surface area contributed by atoms with Gasteiger partial charge in [0.2, 0.25) is 0 Å². The number of benzene rings is 8. The van der Waals surface area contributed by atoms with Gasteiger partial charge in [0.25, 0.3) is 0 Å². The maximum absolute atomic E-state index is 5.08. The Morgan fingerprint density at radius 2 is 0.600 bits per heavy atom. The second-order valence-electron chi connectivity index (χ2n) is 13.7. The zero-order chi connectivity index (χ0) is 36.6. The largest absolute Gasteiger partial charge is 0.208 e. The smallest absolute Gasteiger partial charge is 0.164 e. The first-order valence-electron chi connectivity index (χ1n) is 18.4. The zero-order valence-corrected chi connectivity index (χ0v) is 30.6. The van der Waals surface area contributed by atoms with Crippen molar-refractivity contribution in [3.8, 4) is 78.7 Å². The summed E-state index contributed by atoms with van der Waals surface area (Å²) < 4.78 is 2.61. The van der Waals surface area contributed by atoms with Crippen molar-refractivity contribution in [3.05, 3.63) is 200 Å². The summed E-state index contributed by atoms with van der Waals surface area (Å²) in [5, 5.41) is 2.61. The molecule has 0 bridgehead atoms. The third-order valence-corrected chi connectivity index (χ3v) is 11.3. The van der Waals surface area contributed by atoms with Crippen LogP contribution in [0.5, 0.6) is 0 Å². The molecule has 10 aromatic rings. The Kier molecular flexibility index (Phi) is 8.36. The third kappa shape index (κ3) is 6.50. The molecule has 258 valence electrons. The fourth-order valence-corrected chi connectivity index (χ4v) is 8.41. The third-order valence-electron chi connectivity index (χ3n) is 10.2. The maximum atomic E-state index is 5.08. The first-order valence-corrected chi connectivity index (χ1v) is 19.2. The molecule has 0 saturated carbocycles. The number of nitrogens with zero attached hydrogens (tertiary/aromatic N) is 3. The fraction of sp³-hybridized carbons (Fsp3) is 0. The van der Waals surface area contributed by atoms with Gasteiger partial charge in [-0.2, -0.15) is 0 Å². The first-order chi connectivity index (χ1) is 27.2. The molecule has 0 radical (unpaired) electrons. The van der Waals surface area contributed by atoms with Gasteiger partial charge < -0.3 is 0 Å². The highest BCUT2D eigenvalue weighted by Gasteiger charge is 2.15. The summed E-state index contributed by atoms with van der Waals surface area (Å²) in [4.78, 5) is 15.2. The second kappa shape index (κ2) is 14.1. The minimum absolute atomic E-state index is 0.633. The number of aromatic nitrogens is 3. The summed E-state index contributed by atoms with van der Waals surface area (Å²) in [6, 6.07) is 70.5. The Balaban J connectivity index is 1.02. The average molecular weight is 720 g/mol. The molecule has 0 atom stereocenters. The normalized spacial score (nSPS) is 11.3. The Bertz CT molecular complexity index is 2950. The predicted octanol–water partition coefficient (Wildman–Crippen LogP) is 13.9. The highest BCUT2D eigenvalue weighted by molar-refractivity contribution is 7.25. The lowest BCUT2D eigenvalue weighted by Crippen LogP contribution is -2.00. The Hall–Kier alpha value is -7.01. The van der Waals surface area contributed by atoms with E-state index in [-0.39, 0.29) is 0 Å². The highest BCUT2D eigenvalue weighted by atomic mass is 32.1. The van der Waals surface area contributed by atoms with Gasteiger partial charge >= 0.3 is 0 Å². The summed E-state index contributed by atoms with van der Waals surface area (Å²) in [6.07, 6.45) is 0. The van der Waals surface area contributed by atoms with Gasteiger partial charge in [-0.3, -0.25) is 0 Å². The van der Waals surface area contributed by atoms with E-state index in [1.165, 1.54) is 36.9 Å². The van der Waals surface area contributed by atoms with Crippen LogP contribution in [0, 0.1) is 0 Å². The van der Waals surface area contributed by atoms with E-state index in [4.69, 9.17) is 15.0 Å². The van der Waals surface area contributed by atoms with Gasteiger partial charge in [-0.15, -0.1) is 11.3 Å². The molecule has 0 unspecified atom stereocenters. The number of thiophene rings is 1. The molecule has 0 saturated heterocycles. The number of rotatable bonds is 7. The van der Waals surface area contributed by atoms with Crippen molar-refractivity contribution in [1.29, 1.82) is 0 Å². The molecule has 0 aliphatic carbocycles. The van der Waals surface area contributed by atoms with Crippen molar-refractivity contribution in [2.24, 2.45) is 0 Å². The molecule has 0 spiro atoms. The van der Waals surface area contributed by atoms with Gasteiger partial charge in [-0.05, 0) is 68.8 Å². The van der Waals surface area contributed by atoms with E-state index in [9.17, 15) is 0 Å². The van der Waals surface area contributed by atoms with Crippen LogP contribution < -0.4 is 0 Å². The average Bonchev–Trinajstić information content (AvgIpc) is 3.65. The summed E-state index contributed by atoms with van der Waals surface area (Å²) in [7, 11) is 0. The van der Waals surface area contributed by atoms with Crippen molar-refractivity contribution in [1.82, 2.24) is 15.0 Å². The van der Waals surface area contributed by atoms with E-state index in [0.29, 0.717) is 17.5 Å². The van der Waals surface area contributed by atoms with E-state index in [2.05, 4.69) is 188 Å². The molecule has 10 rings (SSSR count).